The van der Waals surface area contributed by atoms with Gasteiger partial charge in [-0.3, -0.25) is 4.79 Å². The molecular weight excluding hydrogens is 256 g/mol. The molecule has 1 aliphatic carbocycles. The van der Waals surface area contributed by atoms with E-state index in [2.05, 4.69) is 11.4 Å². The number of hydrogen-bond donors (Lipinski definition) is 1. The van der Waals surface area contributed by atoms with Crippen molar-refractivity contribution >= 4 is 17.1 Å². The highest BCUT2D eigenvalue weighted by Gasteiger charge is 2.36. The molecule has 96 valence electrons. The van der Waals surface area contributed by atoms with Gasteiger partial charge in [-0.15, -0.1) is 11.3 Å². The van der Waals surface area contributed by atoms with Crippen LogP contribution in [-0.4, -0.2) is 5.78 Å². The Morgan fingerprint density at radius 2 is 2.32 bits per heavy atom. The molecule has 0 saturated heterocycles. The maximum absolute atomic E-state index is 12.3. The summed E-state index contributed by atoms with van der Waals surface area (Å²) >= 11 is 1.61. The molecule has 1 N–H and O–H groups in total. The summed E-state index contributed by atoms with van der Waals surface area (Å²) in [5, 5.41) is 14.7. The molecule has 4 heteroatoms. The minimum atomic E-state index is -0.158. The Hall–Kier alpha value is -1.86. The van der Waals surface area contributed by atoms with Crippen molar-refractivity contribution in [3.05, 3.63) is 44.9 Å². The molecule has 0 amide bonds. The van der Waals surface area contributed by atoms with Gasteiger partial charge < -0.3 is 5.32 Å². The van der Waals surface area contributed by atoms with Crippen LogP contribution in [0.3, 0.4) is 0 Å². The van der Waals surface area contributed by atoms with Gasteiger partial charge in [-0.05, 0) is 31.2 Å². The Morgan fingerprint density at radius 3 is 3.00 bits per heavy atom. The molecule has 1 aromatic heterocycles. The number of carbonyl (C=O) groups is 1. The first-order valence-electron chi connectivity index (χ1n) is 6.40. The van der Waals surface area contributed by atoms with Gasteiger partial charge >= 0.3 is 0 Å². The molecule has 0 bridgehead atoms. The zero-order chi connectivity index (χ0) is 13.4. The average molecular weight is 270 g/mol. The predicted molar refractivity (Wildman–Crippen MR) is 74.4 cm³/mol. The van der Waals surface area contributed by atoms with Gasteiger partial charge in [0.15, 0.2) is 5.78 Å². The van der Waals surface area contributed by atoms with Crippen molar-refractivity contribution in [3.8, 4) is 6.07 Å². The van der Waals surface area contributed by atoms with E-state index in [-0.39, 0.29) is 11.7 Å². The number of carbonyl (C=O) groups excluding carboxylic acids is 1. The van der Waals surface area contributed by atoms with Crippen LogP contribution in [0.25, 0.3) is 0 Å². The lowest BCUT2D eigenvalue weighted by atomic mass is 9.78. The van der Waals surface area contributed by atoms with Crippen LogP contribution in [0, 0.1) is 11.3 Å². The van der Waals surface area contributed by atoms with Gasteiger partial charge in [0.05, 0.1) is 17.6 Å². The van der Waals surface area contributed by atoms with E-state index >= 15 is 0 Å². The highest BCUT2D eigenvalue weighted by Crippen LogP contribution is 2.42. The molecule has 19 heavy (non-hydrogen) atoms. The minimum Gasteiger partial charge on any atom is -0.361 e. The fraction of sp³-hybridized carbons (Fsp3) is 0.333. The number of thiophene rings is 1. The number of allylic oxidation sites excluding steroid dienone is 4. The number of rotatable bonds is 1. The van der Waals surface area contributed by atoms with Crippen molar-refractivity contribution in [3.63, 3.8) is 0 Å². The molecule has 0 fully saturated rings. The van der Waals surface area contributed by atoms with E-state index < -0.39 is 0 Å². The van der Waals surface area contributed by atoms with Crippen molar-refractivity contribution in [1.82, 2.24) is 5.32 Å². The van der Waals surface area contributed by atoms with E-state index in [0.717, 1.165) is 34.7 Å². The summed E-state index contributed by atoms with van der Waals surface area (Å²) in [5.74, 6) is 0.0291. The molecule has 3 rings (SSSR count). The maximum Gasteiger partial charge on any atom is 0.161 e. The van der Waals surface area contributed by atoms with Crippen LogP contribution in [-0.2, 0) is 4.79 Å². The van der Waals surface area contributed by atoms with Crippen molar-refractivity contribution in [1.29, 1.82) is 5.26 Å². The second-order valence-corrected chi connectivity index (χ2v) is 5.87. The average Bonchev–Trinajstić information content (AvgIpc) is 2.91. The maximum atomic E-state index is 12.3. The van der Waals surface area contributed by atoms with E-state index in [1.54, 1.807) is 11.3 Å². The van der Waals surface area contributed by atoms with Gasteiger partial charge in [-0.25, -0.2) is 0 Å². The smallest absolute Gasteiger partial charge is 0.161 e. The lowest BCUT2D eigenvalue weighted by Crippen LogP contribution is -2.30. The monoisotopic (exact) mass is 270 g/mol. The Bertz CT molecular complexity index is 632. The first-order valence-corrected chi connectivity index (χ1v) is 7.28. The van der Waals surface area contributed by atoms with Crippen molar-refractivity contribution in [2.45, 2.75) is 32.1 Å². The van der Waals surface area contributed by atoms with Gasteiger partial charge in [-0.2, -0.15) is 5.26 Å². The van der Waals surface area contributed by atoms with Crippen molar-refractivity contribution in [2.24, 2.45) is 0 Å². The summed E-state index contributed by atoms with van der Waals surface area (Å²) in [6.07, 6.45) is 2.40. The van der Waals surface area contributed by atoms with Crippen LogP contribution >= 0.6 is 11.3 Å². The number of nitrogens with zero attached hydrogens (tertiary/aromatic N) is 1. The van der Waals surface area contributed by atoms with Crippen LogP contribution in [0.4, 0.5) is 0 Å². The normalized spacial score (nSPS) is 22.9. The molecule has 2 aliphatic rings. The topological polar surface area (TPSA) is 52.9 Å². The zero-order valence-electron chi connectivity index (χ0n) is 10.7. The Morgan fingerprint density at radius 1 is 1.47 bits per heavy atom. The largest absolute Gasteiger partial charge is 0.361 e. The molecule has 0 saturated carbocycles. The summed E-state index contributed by atoms with van der Waals surface area (Å²) in [6, 6.07) is 6.27. The molecule has 1 unspecified atom stereocenters. The number of hydrogen-bond acceptors (Lipinski definition) is 4. The number of nitrogens with one attached hydrogen (secondary N) is 1. The molecule has 1 atom stereocenters. The molecule has 1 aliphatic heterocycles. The SMILES string of the molecule is CC1=C(C#N)C(c2cccs2)C2=C(CCCC2=O)N1. The van der Waals surface area contributed by atoms with Gasteiger partial charge in [0.2, 0.25) is 0 Å². The van der Waals surface area contributed by atoms with E-state index in [4.69, 9.17) is 0 Å². The number of Topliss-reactive ketones (excluding diaryl/α,β-unsaturated/α-hetero) is 1. The lowest BCUT2D eigenvalue weighted by molar-refractivity contribution is -0.116. The predicted octanol–water partition coefficient (Wildman–Crippen LogP) is 3.24. The van der Waals surface area contributed by atoms with Crippen LogP contribution in [0.15, 0.2) is 40.1 Å². The highest BCUT2D eigenvalue weighted by molar-refractivity contribution is 7.10. The standard InChI is InChI=1S/C15H14N2OS/c1-9-10(8-16)14(13-6-3-7-19-13)15-11(17-9)4-2-5-12(15)18/h3,6-7,14,17H,2,4-5H2,1H3. The first kappa shape index (κ1) is 12.2. The second-order valence-electron chi connectivity index (χ2n) is 4.89. The first-order chi connectivity index (χ1) is 9.22. The van der Waals surface area contributed by atoms with Gasteiger partial charge in [0, 0.05) is 28.3 Å². The summed E-state index contributed by atoms with van der Waals surface area (Å²) in [6.45, 7) is 1.92. The molecule has 0 spiro atoms. The van der Waals surface area contributed by atoms with Gasteiger partial charge in [0.1, 0.15) is 0 Å². The third-order valence-corrected chi connectivity index (χ3v) is 4.66. The molecule has 3 nitrogen and oxygen atoms in total. The van der Waals surface area contributed by atoms with Crippen LogP contribution in [0.2, 0.25) is 0 Å². The number of dihydropyridines is 1. The van der Waals surface area contributed by atoms with Gasteiger partial charge in [0.25, 0.3) is 0 Å². The number of ketones is 1. The van der Waals surface area contributed by atoms with Crippen LogP contribution < -0.4 is 5.32 Å². The zero-order valence-corrected chi connectivity index (χ0v) is 11.5. The summed E-state index contributed by atoms with van der Waals surface area (Å²) < 4.78 is 0. The fourth-order valence-electron chi connectivity index (χ4n) is 2.87. The Balaban J connectivity index is 2.18. The summed E-state index contributed by atoms with van der Waals surface area (Å²) in [5.41, 5.74) is 3.40. The third kappa shape index (κ3) is 1.91. The Labute approximate surface area is 116 Å². The molecule has 2 heterocycles. The molecular formula is C15H14N2OS. The van der Waals surface area contributed by atoms with Crippen LogP contribution in [0.1, 0.15) is 37.0 Å². The highest BCUT2D eigenvalue weighted by atomic mass is 32.1. The minimum absolute atomic E-state index is 0.158. The molecule has 0 aromatic carbocycles. The quantitative estimate of drug-likeness (QED) is 0.852. The van der Waals surface area contributed by atoms with Crippen molar-refractivity contribution in [2.75, 3.05) is 0 Å². The van der Waals surface area contributed by atoms with E-state index in [0.29, 0.717) is 12.0 Å². The number of nitriles is 1. The molecule has 1 aromatic rings. The van der Waals surface area contributed by atoms with E-state index in [1.807, 2.05) is 24.4 Å². The third-order valence-electron chi connectivity index (χ3n) is 3.72. The summed E-state index contributed by atoms with van der Waals surface area (Å²) in [4.78, 5) is 13.4. The molecule has 0 radical (unpaired) electrons. The summed E-state index contributed by atoms with van der Waals surface area (Å²) in [7, 11) is 0. The van der Waals surface area contributed by atoms with Gasteiger partial charge in [-0.1, -0.05) is 6.07 Å². The van der Waals surface area contributed by atoms with Crippen LogP contribution in [0.5, 0.6) is 0 Å². The Kier molecular flexibility index (Phi) is 3.00. The second kappa shape index (κ2) is 4.67. The van der Waals surface area contributed by atoms with E-state index in [9.17, 15) is 10.1 Å². The van der Waals surface area contributed by atoms with Crippen molar-refractivity contribution < 1.29 is 4.79 Å². The lowest BCUT2D eigenvalue weighted by Gasteiger charge is -2.31. The van der Waals surface area contributed by atoms with E-state index in [1.165, 1.54) is 0 Å². The fourth-order valence-corrected chi connectivity index (χ4v) is 3.71.